The molecule has 0 radical (unpaired) electrons. The minimum atomic E-state index is -0.872. The number of para-hydroxylation sites is 1. The van der Waals surface area contributed by atoms with Crippen molar-refractivity contribution < 1.29 is 4.79 Å². The van der Waals surface area contributed by atoms with Crippen LogP contribution >= 0.6 is 11.6 Å². The van der Waals surface area contributed by atoms with E-state index in [2.05, 4.69) is 10.4 Å². The van der Waals surface area contributed by atoms with Gasteiger partial charge in [0.15, 0.2) is 5.82 Å². The van der Waals surface area contributed by atoms with Crippen LogP contribution in [0, 0.1) is 13.8 Å². The van der Waals surface area contributed by atoms with Crippen molar-refractivity contribution in [2.75, 3.05) is 5.32 Å². The van der Waals surface area contributed by atoms with Crippen molar-refractivity contribution in [2.45, 2.75) is 26.8 Å². The van der Waals surface area contributed by atoms with Gasteiger partial charge in [0.25, 0.3) is 5.56 Å². The first kappa shape index (κ1) is 22.6. The molecule has 1 N–H and O–H groups in total. The van der Waals surface area contributed by atoms with Gasteiger partial charge in [0.1, 0.15) is 16.9 Å². The van der Waals surface area contributed by atoms with Gasteiger partial charge in [-0.05, 0) is 62.7 Å². The van der Waals surface area contributed by atoms with Crippen LogP contribution in [0.15, 0.2) is 77.9 Å². The van der Waals surface area contributed by atoms with Gasteiger partial charge >= 0.3 is 0 Å². The summed E-state index contributed by atoms with van der Waals surface area (Å²) in [6.07, 6.45) is 3.71. The Labute approximate surface area is 206 Å². The number of hydrogen-bond donors (Lipinski definition) is 1. The van der Waals surface area contributed by atoms with E-state index in [1.807, 2.05) is 72.4 Å². The normalized spacial score (nSPS) is 12.1. The molecule has 1 atom stereocenters. The van der Waals surface area contributed by atoms with Gasteiger partial charge in [-0.15, -0.1) is 0 Å². The predicted octanol–water partition coefficient (Wildman–Crippen LogP) is 4.84. The Morgan fingerprint density at radius 1 is 1.00 bits per heavy atom. The largest absolute Gasteiger partial charge is 0.324 e. The first-order valence-electron chi connectivity index (χ1n) is 11.1. The average molecular weight is 487 g/mol. The van der Waals surface area contributed by atoms with Crippen LogP contribution in [0.4, 0.5) is 5.69 Å². The second-order valence-corrected chi connectivity index (χ2v) is 8.76. The minimum Gasteiger partial charge on any atom is -0.324 e. The van der Waals surface area contributed by atoms with Gasteiger partial charge in [0, 0.05) is 23.1 Å². The van der Waals surface area contributed by atoms with Crippen LogP contribution in [0.1, 0.15) is 24.2 Å². The van der Waals surface area contributed by atoms with E-state index in [4.69, 9.17) is 16.7 Å². The maximum Gasteiger partial charge on any atom is 0.280 e. The molecule has 0 aliphatic carbocycles. The van der Waals surface area contributed by atoms with Crippen LogP contribution in [0.5, 0.6) is 0 Å². The zero-order valence-electron chi connectivity index (χ0n) is 19.4. The van der Waals surface area contributed by atoms with Crippen LogP contribution < -0.4 is 10.9 Å². The summed E-state index contributed by atoms with van der Waals surface area (Å²) in [6.45, 7) is 5.31. The van der Waals surface area contributed by atoms with Gasteiger partial charge in [-0.2, -0.15) is 10.2 Å². The predicted molar refractivity (Wildman–Crippen MR) is 137 cm³/mol. The number of carbonyl (C=O) groups excluding carboxylic acids is 1. The SMILES string of the molecule is Cc1ccc(NC(=O)[C@H](C)n2nc(C)c3nn(-c4ccccc4)c(-n4cccc4)c3c2=O)cc1Cl. The first-order valence-corrected chi connectivity index (χ1v) is 11.5. The molecule has 5 aromatic rings. The van der Waals surface area contributed by atoms with Crippen molar-refractivity contribution >= 4 is 34.1 Å². The molecule has 0 aliphatic heterocycles. The molecule has 0 fully saturated rings. The average Bonchev–Trinajstić information content (AvgIpc) is 3.52. The Morgan fingerprint density at radius 2 is 1.71 bits per heavy atom. The molecule has 9 heteroatoms. The number of rotatable bonds is 5. The lowest BCUT2D eigenvalue weighted by molar-refractivity contribution is -0.119. The number of nitrogens with zero attached hydrogens (tertiary/aromatic N) is 5. The van der Waals surface area contributed by atoms with Crippen molar-refractivity contribution in [3.63, 3.8) is 0 Å². The van der Waals surface area contributed by atoms with E-state index in [1.165, 1.54) is 4.68 Å². The van der Waals surface area contributed by atoms with Gasteiger partial charge < -0.3 is 9.88 Å². The smallest absolute Gasteiger partial charge is 0.280 e. The van der Waals surface area contributed by atoms with Crippen molar-refractivity contribution in [1.82, 2.24) is 24.1 Å². The van der Waals surface area contributed by atoms with E-state index in [0.717, 1.165) is 11.3 Å². The lowest BCUT2D eigenvalue weighted by Crippen LogP contribution is -2.34. The number of aromatic nitrogens is 5. The second-order valence-electron chi connectivity index (χ2n) is 8.35. The number of nitrogens with one attached hydrogen (secondary N) is 1. The highest BCUT2D eigenvalue weighted by molar-refractivity contribution is 6.31. The Bertz CT molecular complexity index is 1600. The fraction of sp³-hybridized carbons (Fsp3) is 0.154. The molecule has 1 amide bonds. The fourth-order valence-electron chi connectivity index (χ4n) is 3.98. The summed E-state index contributed by atoms with van der Waals surface area (Å²) in [4.78, 5) is 26.8. The molecular formula is C26H23ClN6O2. The molecule has 2 aromatic carbocycles. The molecule has 0 unspecified atom stereocenters. The summed E-state index contributed by atoms with van der Waals surface area (Å²) >= 11 is 6.19. The third kappa shape index (κ3) is 4.02. The number of amides is 1. The Kier molecular flexibility index (Phi) is 5.74. The summed E-state index contributed by atoms with van der Waals surface area (Å²) in [7, 11) is 0. The highest BCUT2D eigenvalue weighted by Gasteiger charge is 2.25. The molecule has 0 bridgehead atoms. The van der Waals surface area contributed by atoms with Crippen LogP contribution in [-0.2, 0) is 4.79 Å². The summed E-state index contributed by atoms with van der Waals surface area (Å²) < 4.78 is 4.78. The maximum absolute atomic E-state index is 13.8. The molecule has 0 saturated heterocycles. The maximum atomic E-state index is 13.8. The number of anilines is 1. The lowest BCUT2D eigenvalue weighted by atomic mass is 10.2. The summed E-state index contributed by atoms with van der Waals surface area (Å²) in [6, 6.07) is 17.7. The Balaban J connectivity index is 1.64. The van der Waals surface area contributed by atoms with Crippen molar-refractivity contribution in [3.8, 4) is 11.5 Å². The number of aryl methyl sites for hydroxylation is 2. The number of hydrogen-bond acceptors (Lipinski definition) is 4. The molecule has 176 valence electrons. The van der Waals surface area contributed by atoms with E-state index in [9.17, 15) is 9.59 Å². The first-order chi connectivity index (χ1) is 16.8. The summed E-state index contributed by atoms with van der Waals surface area (Å²) in [5.74, 6) is 0.203. The molecule has 35 heavy (non-hydrogen) atoms. The third-order valence-corrected chi connectivity index (χ3v) is 6.33. The molecule has 3 heterocycles. The molecule has 3 aromatic heterocycles. The van der Waals surface area contributed by atoms with E-state index < -0.39 is 11.6 Å². The Hall–Kier alpha value is -4.17. The van der Waals surface area contributed by atoms with Crippen LogP contribution in [0.3, 0.4) is 0 Å². The zero-order chi connectivity index (χ0) is 24.7. The van der Waals surface area contributed by atoms with Gasteiger partial charge in [0.05, 0.1) is 11.4 Å². The summed E-state index contributed by atoms with van der Waals surface area (Å²) in [5, 5.41) is 13.0. The van der Waals surface area contributed by atoms with Crippen molar-refractivity contribution in [3.05, 3.63) is 99.7 Å². The molecule has 0 spiro atoms. The lowest BCUT2D eigenvalue weighted by Gasteiger charge is -2.15. The highest BCUT2D eigenvalue weighted by atomic mass is 35.5. The van der Waals surface area contributed by atoms with E-state index in [-0.39, 0.29) is 5.91 Å². The molecule has 0 aliphatic rings. The van der Waals surface area contributed by atoms with Gasteiger partial charge in [0.2, 0.25) is 5.91 Å². The number of benzene rings is 2. The zero-order valence-corrected chi connectivity index (χ0v) is 20.2. The van der Waals surface area contributed by atoms with E-state index in [0.29, 0.717) is 33.1 Å². The van der Waals surface area contributed by atoms with E-state index in [1.54, 1.807) is 30.7 Å². The van der Waals surface area contributed by atoms with Gasteiger partial charge in [-0.25, -0.2) is 9.36 Å². The van der Waals surface area contributed by atoms with Crippen LogP contribution in [-0.4, -0.2) is 30.0 Å². The molecule has 5 rings (SSSR count). The van der Waals surface area contributed by atoms with Gasteiger partial charge in [-0.3, -0.25) is 9.59 Å². The number of halogens is 1. The van der Waals surface area contributed by atoms with Crippen molar-refractivity contribution in [1.29, 1.82) is 0 Å². The minimum absolute atomic E-state index is 0.378. The monoisotopic (exact) mass is 486 g/mol. The molecule has 0 saturated carbocycles. The number of fused-ring (bicyclic) bond motifs is 1. The fourth-order valence-corrected chi connectivity index (χ4v) is 4.16. The summed E-state index contributed by atoms with van der Waals surface area (Å²) in [5.41, 5.74) is 2.89. The standard InChI is InChI=1S/C26H23ClN6O2/c1-16-11-12-19(15-21(16)27)28-24(34)18(3)32-26(35)22-23(17(2)29-32)30-33(20-9-5-4-6-10-20)25(22)31-13-7-8-14-31/h4-15,18H,1-3H3,(H,28,34)/t18-/m0/s1. The number of carbonyl (C=O) groups is 1. The molecule has 8 nitrogen and oxygen atoms in total. The second kappa shape index (κ2) is 8.88. The molecular weight excluding hydrogens is 464 g/mol. The van der Waals surface area contributed by atoms with Crippen LogP contribution in [0.25, 0.3) is 22.4 Å². The van der Waals surface area contributed by atoms with Crippen LogP contribution in [0.2, 0.25) is 5.02 Å². The topological polar surface area (TPSA) is 86.7 Å². The Morgan fingerprint density at radius 3 is 2.40 bits per heavy atom. The highest BCUT2D eigenvalue weighted by Crippen LogP contribution is 2.25. The van der Waals surface area contributed by atoms with Crippen molar-refractivity contribution in [2.24, 2.45) is 0 Å². The quantitative estimate of drug-likeness (QED) is 0.385. The van der Waals surface area contributed by atoms with Gasteiger partial charge in [-0.1, -0.05) is 35.9 Å². The van der Waals surface area contributed by atoms with E-state index >= 15 is 0 Å². The third-order valence-electron chi connectivity index (χ3n) is 5.92.